The van der Waals surface area contributed by atoms with Gasteiger partial charge in [-0.15, -0.1) is 0 Å². The molecule has 0 aromatic heterocycles. The van der Waals surface area contributed by atoms with Gasteiger partial charge in [-0.1, -0.05) is 30.4 Å². The van der Waals surface area contributed by atoms with E-state index in [0.717, 1.165) is 24.1 Å². The molecule has 5 rings (SSSR count). The summed E-state index contributed by atoms with van der Waals surface area (Å²) in [7, 11) is 0. The van der Waals surface area contributed by atoms with Gasteiger partial charge in [-0.05, 0) is 43.2 Å². The van der Waals surface area contributed by atoms with Crippen molar-refractivity contribution in [2.45, 2.75) is 19.8 Å². The van der Waals surface area contributed by atoms with E-state index in [-0.39, 0.29) is 35.5 Å². The normalized spacial score (nSPS) is 34.8. The first kappa shape index (κ1) is 11.9. The highest BCUT2D eigenvalue weighted by molar-refractivity contribution is 6.22. The number of hydrogen-bond acceptors (Lipinski definition) is 2. The number of amides is 2. The van der Waals surface area contributed by atoms with Crippen molar-refractivity contribution in [3.8, 4) is 0 Å². The summed E-state index contributed by atoms with van der Waals surface area (Å²) in [5.74, 6) is 0.296. The molecule has 3 nitrogen and oxygen atoms in total. The van der Waals surface area contributed by atoms with Crippen LogP contribution < -0.4 is 4.90 Å². The Kier molecular flexibility index (Phi) is 2.40. The highest BCUT2D eigenvalue weighted by Crippen LogP contribution is 2.50. The number of benzene rings is 1. The van der Waals surface area contributed by atoms with Crippen LogP contribution >= 0.6 is 0 Å². The van der Waals surface area contributed by atoms with Crippen LogP contribution in [0, 0.1) is 30.6 Å². The maximum absolute atomic E-state index is 12.8. The number of nitrogens with zero attached hydrogens (tertiary/aromatic N) is 1. The highest BCUT2D eigenvalue weighted by atomic mass is 16.2. The molecule has 2 amide bonds. The summed E-state index contributed by atoms with van der Waals surface area (Å²) >= 11 is 0. The monoisotopic (exact) mass is 267 g/mol. The molecular formula is C17H17NO2. The summed E-state index contributed by atoms with van der Waals surface area (Å²) < 4.78 is 0. The fourth-order valence-corrected chi connectivity index (χ4v) is 4.13. The van der Waals surface area contributed by atoms with Crippen molar-refractivity contribution in [1.82, 2.24) is 0 Å². The molecule has 2 fully saturated rings. The first-order chi connectivity index (χ1) is 9.68. The lowest BCUT2D eigenvalue weighted by atomic mass is 9.63. The fourth-order valence-electron chi connectivity index (χ4n) is 4.13. The van der Waals surface area contributed by atoms with E-state index in [0.29, 0.717) is 0 Å². The minimum Gasteiger partial charge on any atom is -0.274 e. The van der Waals surface area contributed by atoms with E-state index in [1.54, 1.807) is 0 Å². The van der Waals surface area contributed by atoms with E-state index < -0.39 is 0 Å². The molecule has 3 aliphatic carbocycles. The number of para-hydroxylation sites is 1. The van der Waals surface area contributed by atoms with Gasteiger partial charge in [-0.25, -0.2) is 4.90 Å². The summed E-state index contributed by atoms with van der Waals surface area (Å²) in [6, 6.07) is 7.64. The lowest BCUT2D eigenvalue weighted by Crippen LogP contribution is -2.38. The first-order valence-corrected chi connectivity index (χ1v) is 7.30. The third-order valence-electron chi connectivity index (χ3n) is 5.12. The zero-order valence-electron chi connectivity index (χ0n) is 11.5. The van der Waals surface area contributed by atoms with Crippen LogP contribution in [0.4, 0.5) is 5.69 Å². The summed E-state index contributed by atoms with van der Waals surface area (Å²) in [6.45, 7) is 1.95. The number of rotatable bonds is 1. The second-order valence-electron chi connectivity index (χ2n) is 6.14. The van der Waals surface area contributed by atoms with Crippen LogP contribution in [0.1, 0.15) is 18.4 Å². The average molecular weight is 267 g/mol. The lowest BCUT2D eigenvalue weighted by molar-refractivity contribution is -0.124. The Morgan fingerprint density at radius 1 is 0.950 bits per heavy atom. The number of allylic oxidation sites excluding steroid dienone is 2. The molecule has 1 saturated heterocycles. The summed E-state index contributed by atoms with van der Waals surface area (Å²) in [4.78, 5) is 27.0. The molecule has 102 valence electrons. The van der Waals surface area contributed by atoms with Gasteiger partial charge in [0.1, 0.15) is 0 Å². The predicted octanol–water partition coefficient (Wildman–Crippen LogP) is 2.70. The number of hydrogen-bond donors (Lipinski definition) is 0. The Bertz CT molecular complexity index is 602. The van der Waals surface area contributed by atoms with E-state index in [4.69, 9.17) is 0 Å². The predicted molar refractivity (Wildman–Crippen MR) is 76.0 cm³/mol. The van der Waals surface area contributed by atoms with E-state index in [1.165, 1.54) is 4.90 Å². The van der Waals surface area contributed by atoms with Crippen molar-refractivity contribution in [2.75, 3.05) is 4.90 Å². The highest BCUT2D eigenvalue weighted by Gasteiger charge is 2.56. The van der Waals surface area contributed by atoms with Crippen molar-refractivity contribution < 1.29 is 9.59 Å². The van der Waals surface area contributed by atoms with E-state index in [1.807, 2.05) is 31.2 Å². The smallest absolute Gasteiger partial charge is 0.238 e. The van der Waals surface area contributed by atoms with Gasteiger partial charge >= 0.3 is 0 Å². The zero-order chi connectivity index (χ0) is 13.9. The molecule has 1 aromatic rings. The minimum absolute atomic E-state index is 0.00773. The molecule has 0 spiro atoms. The number of fused-ring (bicyclic) bond motifs is 1. The largest absolute Gasteiger partial charge is 0.274 e. The molecule has 4 atom stereocenters. The maximum Gasteiger partial charge on any atom is 0.238 e. The Balaban J connectivity index is 1.80. The Hall–Kier alpha value is -1.90. The van der Waals surface area contributed by atoms with Crippen LogP contribution in [-0.2, 0) is 9.59 Å². The van der Waals surface area contributed by atoms with E-state index in [2.05, 4.69) is 12.2 Å². The second kappa shape index (κ2) is 4.05. The molecular weight excluding hydrogens is 250 g/mol. The Morgan fingerprint density at radius 3 is 2.00 bits per heavy atom. The average Bonchev–Trinajstić information content (AvgIpc) is 2.75. The standard InChI is InChI=1S/C17H17NO2/c1-10-4-2-3-5-13(10)18-16(19)14-11-6-7-12(9-8-11)15(14)17(18)20/h2-7,11-12,14-15H,8-9H2,1H3/t11-,12-,14-,15-/m0/s1. The van der Waals surface area contributed by atoms with Gasteiger partial charge in [0.15, 0.2) is 0 Å². The molecule has 0 radical (unpaired) electrons. The van der Waals surface area contributed by atoms with Crippen molar-refractivity contribution >= 4 is 17.5 Å². The third-order valence-corrected chi connectivity index (χ3v) is 5.12. The van der Waals surface area contributed by atoms with Crippen molar-refractivity contribution in [3.05, 3.63) is 42.0 Å². The molecule has 1 saturated carbocycles. The van der Waals surface area contributed by atoms with Crippen molar-refractivity contribution in [1.29, 1.82) is 0 Å². The van der Waals surface area contributed by atoms with Crippen LogP contribution in [0.5, 0.6) is 0 Å². The molecule has 4 aliphatic rings. The molecule has 20 heavy (non-hydrogen) atoms. The quantitative estimate of drug-likeness (QED) is 0.579. The summed E-state index contributed by atoms with van der Waals surface area (Å²) in [6.07, 6.45) is 6.40. The number of imide groups is 1. The van der Waals surface area contributed by atoms with Crippen LogP contribution in [0.15, 0.2) is 36.4 Å². The first-order valence-electron chi connectivity index (χ1n) is 7.30. The SMILES string of the molecule is Cc1ccccc1N1C(=O)[C@@H]2[C@@H](C1=O)[C@H]1C=C[C@H]2CC1. The van der Waals surface area contributed by atoms with Gasteiger partial charge < -0.3 is 0 Å². The molecule has 1 aromatic carbocycles. The topological polar surface area (TPSA) is 37.4 Å². The summed E-state index contributed by atoms with van der Waals surface area (Å²) in [5, 5.41) is 0. The van der Waals surface area contributed by atoms with Gasteiger partial charge in [0, 0.05) is 0 Å². The number of carbonyl (C=O) groups excluding carboxylic acids is 2. The van der Waals surface area contributed by atoms with Crippen molar-refractivity contribution in [3.63, 3.8) is 0 Å². The fraction of sp³-hybridized carbons (Fsp3) is 0.412. The van der Waals surface area contributed by atoms with Gasteiger partial charge in [0.2, 0.25) is 11.8 Å². The second-order valence-corrected chi connectivity index (χ2v) is 6.14. The lowest BCUT2D eigenvalue weighted by Gasteiger charge is -2.38. The molecule has 3 heteroatoms. The number of anilines is 1. The maximum atomic E-state index is 12.8. The van der Waals surface area contributed by atoms with Gasteiger partial charge in [-0.2, -0.15) is 0 Å². The van der Waals surface area contributed by atoms with Gasteiger partial charge in [0.05, 0.1) is 17.5 Å². The minimum atomic E-state index is -0.120. The molecule has 1 aliphatic heterocycles. The van der Waals surface area contributed by atoms with Gasteiger partial charge in [0.25, 0.3) is 0 Å². The van der Waals surface area contributed by atoms with Crippen molar-refractivity contribution in [2.24, 2.45) is 23.7 Å². The Morgan fingerprint density at radius 2 is 1.50 bits per heavy atom. The molecule has 2 bridgehead atoms. The summed E-state index contributed by atoms with van der Waals surface area (Å²) in [5.41, 5.74) is 1.74. The van der Waals surface area contributed by atoms with Crippen LogP contribution in [0.25, 0.3) is 0 Å². The molecule has 0 unspecified atom stereocenters. The van der Waals surface area contributed by atoms with E-state index >= 15 is 0 Å². The third kappa shape index (κ3) is 1.41. The van der Waals surface area contributed by atoms with Gasteiger partial charge in [-0.3, -0.25) is 9.59 Å². The number of aryl methyl sites for hydroxylation is 1. The van der Waals surface area contributed by atoms with Crippen LogP contribution in [0.2, 0.25) is 0 Å². The van der Waals surface area contributed by atoms with E-state index in [9.17, 15) is 9.59 Å². The van der Waals surface area contributed by atoms with Crippen LogP contribution in [-0.4, -0.2) is 11.8 Å². The zero-order valence-corrected chi connectivity index (χ0v) is 11.5. The van der Waals surface area contributed by atoms with Crippen LogP contribution in [0.3, 0.4) is 0 Å². The molecule has 0 N–H and O–H groups in total. The molecule has 1 heterocycles. The Labute approximate surface area is 118 Å². The number of carbonyl (C=O) groups is 2.